The number of halogens is 1. The number of benzene rings is 1. The lowest BCUT2D eigenvalue weighted by atomic mass is 10.1. The van der Waals surface area contributed by atoms with Crippen LogP contribution in [0.2, 0.25) is 0 Å². The number of sulfonamides is 1. The molecule has 0 radical (unpaired) electrons. The van der Waals surface area contributed by atoms with Gasteiger partial charge in [-0.25, -0.2) is 18.7 Å². The molecule has 0 saturated heterocycles. The molecule has 0 aliphatic carbocycles. The number of hydrogen-bond acceptors (Lipinski definition) is 4. The Hall–Kier alpha value is -1.67. The van der Waals surface area contributed by atoms with E-state index >= 15 is 0 Å². The lowest BCUT2D eigenvalue weighted by molar-refractivity contribution is 0.0954. The highest BCUT2D eigenvalue weighted by atomic mass is 32.2. The van der Waals surface area contributed by atoms with Gasteiger partial charge in [0.2, 0.25) is 10.0 Å². The molecule has 0 saturated carbocycles. The van der Waals surface area contributed by atoms with Crippen molar-refractivity contribution in [2.75, 3.05) is 11.0 Å². The first-order valence-electron chi connectivity index (χ1n) is 4.12. The summed E-state index contributed by atoms with van der Waals surface area (Å²) in [5.74, 6) is 3.52. The van der Waals surface area contributed by atoms with Gasteiger partial charge in [0.25, 0.3) is 5.91 Å². The van der Waals surface area contributed by atoms with E-state index in [1.54, 1.807) is 0 Å². The van der Waals surface area contributed by atoms with Crippen molar-refractivity contribution in [1.82, 2.24) is 5.43 Å². The summed E-state index contributed by atoms with van der Waals surface area (Å²) in [7, 11) is -3.60. The molecule has 0 spiro atoms. The van der Waals surface area contributed by atoms with Crippen LogP contribution in [0.5, 0.6) is 0 Å². The van der Waals surface area contributed by atoms with E-state index < -0.39 is 21.7 Å². The van der Waals surface area contributed by atoms with Gasteiger partial charge in [0.05, 0.1) is 17.5 Å². The second-order valence-corrected chi connectivity index (χ2v) is 4.79. The summed E-state index contributed by atoms with van der Waals surface area (Å²) in [6.07, 6.45) is 0.891. The fraction of sp³-hybridized carbons (Fsp3) is 0.125. The molecule has 1 aromatic carbocycles. The molecule has 6 nitrogen and oxygen atoms in total. The van der Waals surface area contributed by atoms with Crippen LogP contribution in [-0.4, -0.2) is 20.6 Å². The fourth-order valence-electron chi connectivity index (χ4n) is 1.08. The SMILES string of the molecule is CS(=O)(=O)Nc1cc(F)ccc1C(=O)NN. The van der Waals surface area contributed by atoms with Gasteiger partial charge < -0.3 is 0 Å². The number of amides is 1. The fourth-order valence-corrected chi connectivity index (χ4v) is 1.64. The Morgan fingerprint density at radius 2 is 2.06 bits per heavy atom. The molecule has 1 amide bonds. The van der Waals surface area contributed by atoms with Crippen LogP contribution < -0.4 is 16.0 Å². The molecule has 1 aromatic rings. The summed E-state index contributed by atoms with van der Waals surface area (Å²) in [6, 6.07) is 3.05. The lowest BCUT2D eigenvalue weighted by Gasteiger charge is -2.09. The first kappa shape index (κ1) is 12.4. The third-order valence-electron chi connectivity index (χ3n) is 1.65. The third kappa shape index (κ3) is 3.17. The van der Waals surface area contributed by atoms with Crippen LogP contribution >= 0.6 is 0 Å². The molecule has 1 rings (SSSR count). The van der Waals surface area contributed by atoms with Crippen molar-refractivity contribution in [1.29, 1.82) is 0 Å². The van der Waals surface area contributed by atoms with Crippen LogP contribution in [0.3, 0.4) is 0 Å². The first-order chi connectivity index (χ1) is 7.33. The molecule has 0 unspecified atom stereocenters. The van der Waals surface area contributed by atoms with Gasteiger partial charge in [0.15, 0.2) is 0 Å². The van der Waals surface area contributed by atoms with Crippen molar-refractivity contribution in [3.63, 3.8) is 0 Å². The van der Waals surface area contributed by atoms with Crippen molar-refractivity contribution < 1.29 is 17.6 Å². The number of nitrogen functional groups attached to an aromatic ring is 1. The number of carbonyl (C=O) groups is 1. The molecule has 0 fully saturated rings. The predicted octanol–water partition coefficient (Wildman–Crippen LogP) is -0.199. The summed E-state index contributed by atoms with van der Waals surface area (Å²) in [5.41, 5.74) is 1.61. The topological polar surface area (TPSA) is 101 Å². The number of nitrogens with two attached hydrogens (primary N) is 1. The highest BCUT2D eigenvalue weighted by molar-refractivity contribution is 7.92. The quantitative estimate of drug-likeness (QED) is 0.391. The summed E-state index contributed by atoms with van der Waals surface area (Å²) in [4.78, 5) is 11.2. The van der Waals surface area contributed by atoms with Gasteiger partial charge in [-0.1, -0.05) is 0 Å². The van der Waals surface area contributed by atoms with Crippen LogP contribution in [0, 0.1) is 5.82 Å². The Morgan fingerprint density at radius 3 is 2.56 bits per heavy atom. The molecule has 16 heavy (non-hydrogen) atoms. The molecular weight excluding hydrogens is 237 g/mol. The highest BCUT2D eigenvalue weighted by Crippen LogP contribution is 2.18. The zero-order valence-corrected chi connectivity index (χ0v) is 9.14. The first-order valence-corrected chi connectivity index (χ1v) is 6.01. The van der Waals surface area contributed by atoms with Gasteiger partial charge >= 0.3 is 0 Å². The Kier molecular flexibility index (Phi) is 3.45. The van der Waals surface area contributed by atoms with Crippen molar-refractivity contribution in [3.05, 3.63) is 29.6 Å². The summed E-state index contributed by atoms with van der Waals surface area (Å²) in [6.45, 7) is 0. The van der Waals surface area contributed by atoms with E-state index in [1.807, 2.05) is 10.1 Å². The molecule has 0 aliphatic heterocycles. The average Bonchev–Trinajstić information content (AvgIpc) is 2.14. The Balaban J connectivity index is 3.23. The van der Waals surface area contributed by atoms with Crippen LogP contribution in [0.15, 0.2) is 18.2 Å². The number of hydrogen-bond donors (Lipinski definition) is 3. The number of nitrogens with one attached hydrogen (secondary N) is 2. The van der Waals surface area contributed by atoms with Crippen LogP contribution in [0.4, 0.5) is 10.1 Å². The second-order valence-electron chi connectivity index (χ2n) is 3.04. The van der Waals surface area contributed by atoms with Gasteiger partial charge in [0.1, 0.15) is 5.82 Å². The van der Waals surface area contributed by atoms with E-state index in [0.717, 1.165) is 24.5 Å². The van der Waals surface area contributed by atoms with Crippen molar-refractivity contribution in [2.24, 2.45) is 5.84 Å². The molecule has 88 valence electrons. The van der Waals surface area contributed by atoms with E-state index in [0.29, 0.717) is 0 Å². The Labute approximate surface area is 91.7 Å². The van der Waals surface area contributed by atoms with Crippen LogP contribution in [-0.2, 0) is 10.0 Å². The summed E-state index contributed by atoms with van der Waals surface area (Å²) in [5, 5.41) is 0. The lowest BCUT2D eigenvalue weighted by Crippen LogP contribution is -2.31. The molecule has 0 heterocycles. The van der Waals surface area contributed by atoms with Gasteiger partial charge in [-0.05, 0) is 18.2 Å². The Bertz CT molecular complexity index is 515. The van der Waals surface area contributed by atoms with E-state index in [4.69, 9.17) is 5.84 Å². The zero-order chi connectivity index (χ0) is 12.3. The normalized spacial score (nSPS) is 10.9. The van der Waals surface area contributed by atoms with Gasteiger partial charge in [-0.3, -0.25) is 14.9 Å². The molecule has 8 heteroatoms. The maximum Gasteiger partial charge on any atom is 0.267 e. The minimum absolute atomic E-state index is 0.0608. The van der Waals surface area contributed by atoms with Crippen molar-refractivity contribution in [3.8, 4) is 0 Å². The zero-order valence-electron chi connectivity index (χ0n) is 8.32. The smallest absolute Gasteiger partial charge is 0.267 e. The molecule has 0 aliphatic rings. The van der Waals surface area contributed by atoms with Gasteiger partial charge in [0, 0.05) is 0 Å². The molecule has 4 N–H and O–H groups in total. The van der Waals surface area contributed by atoms with Crippen molar-refractivity contribution in [2.45, 2.75) is 0 Å². The van der Waals surface area contributed by atoms with Crippen molar-refractivity contribution >= 4 is 21.6 Å². The number of rotatable bonds is 3. The average molecular weight is 247 g/mol. The predicted molar refractivity (Wildman–Crippen MR) is 56.5 cm³/mol. The molecule has 0 aromatic heterocycles. The number of hydrazine groups is 1. The maximum absolute atomic E-state index is 12.9. The standard InChI is InChI=1S/C8H10FN3O3S/c1-16(14,15)12-7-4-5(9)2-3-6(7)8(13)11-10/h2-4,12H,10H2,1H3,(H,11,13). The minimum atomic E-state index is -3.60. The van der Waals surface area contributed by atoms with Crippen LogP contribution in [0.1, 0.15) is 10.4 Å². The summed E-state index contributed by atoms with van der Waals surface area (Å²) < 4.78 is 36.9. The monoisotopic (exact) mass is 247 g/mol. The van der Waals surface area contributed by atoms with E-state index in [-0.39, 0.29) is 11.3 Å². The molecule has 0 atom stereocenters. The molecular formula is C8H10FN3O3S. The number of anilines is 1. The Morgan fingerprint density at radius 1 is 1.44 bits per heavy atom. The molecule has 0 bridgehead atoms. The minimum Gasteiger partial charge on any atom is -0.290 e. The van der Waals surface area contributed by atoms with E-state index in [9.17, 15) is 17.6 Å². The second kappa shape index (κ2) is 4.45. The third-order valence-corrected chi connectivity index (χ3v) is 2.24. The highest BCUT2D eigenvalue weighted by Gasteiger charge is 2.13. The number of carbonyl (C=O) groups excluding carboxylic acids is 1. The summed E-state index contributed by atoms with van der Waals surface area (Å²) >= 11 is 0. The van der Waals surface area contributed by atoms with Gasteiger partial charge in [-0.2, -0.15) is 0 Å². The van der Waals surface area contributed by atoms with E-state index in [1.165, 1.54) is 0 Å². The maximum atomic E-state index is 12.9. The largest absolute Gasteiger partial charge is 0.290 e. The van der Waals surface area contributed by atoms with E-state index in [2.05, 4.69) is 0 Å². The van der Waals surface area contributed by atoms with Crippen LogP contribution in [0.25, 0.3) is 0 Å². The van der Waals surface area contributed by atoms with Gasteiger partial charge in [-0.15, -0.1) is 0 Å².